The highest BCUT2D eigenvalue weighted by Gasteiger charge is 2.27. The molecule has 0 unspecified atom stereocenters. The van der Waals surface area contributed by atoms with Gasteiger partial charge in [0.05, 0.1) is 6.61 Å². The first-order valence-corrected chi connectivity index (χ1v) is 4.19. The largest absolute Gasteiger partial charge is 0.463 e. The van der Waals surface area contributed by atoms with Gasteiger partial charge in [0.15, 0.2) is 5.79 Å². The van der Waals surface area contributed by atoms with Crippen LogP contribution in [-0.2, 0) is 19.0 Å². The molecule has 13 heavy (non-hydrogen) atoms. The van der Waals surface area contributed by atoms with Crippen LogP contribution in [0.4, 0.5) is 0 Å². The topological polar surface area (TPSA) is 44.8 Å². The zero-order valence-electron chi connectivity index (χ0n) is 7.91. The van der Waals surface area contributed by atoms with E-state index in [1.807, 2.05) is 0 Å². The Morgan fingerprint density at radius 1 is 1.46 bits per heavy atom. The van der Waals surface area contributed by atoms with Gasteiger partial charge in [0.1, 0.15) is 0 Å². The van der Waals surface area contributed by atoms with E-state index < -0.39 is 5.79 Å². The number of carbonyl (C=O) groups excluding carboxylic acids is 1. The highest BCUT2D eigenvalue weighted by atomic mass is 16.7. The smallest absolute Gasteiger partial charge is 0.330 e. The Hall–Kier alpha value is -0.870. The lowest BCUT2D eigenvalue weighted by atomic mass is 10.1. The van der Waals surface area contributed by atoms with Gasteiger partial charge in [-0.15, -0.1) is 0 Å². The van der Waals surface area contributed by atoms with Crippen molar-refractivity contribution in [1.82, 2.24) is 0 Å². The zero-order valence-corrected chi connectivity index (χ0v) is 7.91. The van der Waals surface area contributed by atoms with Gasteiger partial charge in [0.2, 0.25) is 0 Å². The van der Waals surface area contributed by atoms with Crippen molar-refractivity contribution < 1.29 is 19.0 Å². The molecule has 0 bridgehead atoms. The molecule has 0 amide bonds. The Morgan fingerprint density at radius 3 is 2.77 bits per heavy atom. The number of hydrogen-bond acceptors (Lipinski definition) is 4. The maximum Gasteiger partial charge on any atom is 0.330 e. The zero-order chi connectivity index (χ0) is 9.73. The third-order valence-electron chi connectivity index (χ3n) is 2.08. The van der Waals surface area contributed by atoms with Crippen LogP contribution in [0.2, 0.25) is 0 Å². The second-order valence-electron chi connectivity index (χ2n) is 2.82. The van der Waals surface area contributed by atoms with Gasteiger partial charge in [-0.1, -0.05) is 0 Å². The van der Waals surface area contributed by atoms with E-state index >= 15 is 0 Å². The van der Waals surface area contributed by atoms with Crippen molar-refractivity contribution >= 4 is 5.97 Å². The fourth-order valence-electron chi connectivity index (χ4n) is 1.24. The number of esters is 1. The summed E-state index contributed by atoms with van der Waals surface area (Å²) in [5.74, 6) is -1.11. The number of ether oxygens (including phenoxy) is 3. The Kier molecular flexibility index (Phi) is 3.45. The quantitative estimate of drug-likeness (QED) is 0.474. The molecule has 1 heterocycles. The first-order chi connectivity index (χ1) is 6.22. The number of cyclic esters (lactones) is 1. The molecule has 4 nitrogen and oxygen atoms in total. The molecule has 0 N–H and O–H groups in total. The second-order valence-corrected chi connectivity index (χ2v) is 2.82. The van der Waals surface area contributed by atoms with Crippen molar-refractivity contribution in [1.29, 1.82) is 0 Å². The molecule has 0 aliphatic carbocycles. The van der Waals surface area contributed by atoms with Gasteiger partial charge >= 0.3 is 5.97 Å². The minimum Gasteiger partial charge on any atom is -0.463 e. The van der Waals surface area contributed by atoms with Crippen molar-refractivity contribution in [2.45, 2.75) is 18.6 Å². The summed E-state index contributed by atoms with van der Waals surface area (Å²) in [4.78, 5) is 10.9. The second kappa shape index (κ2) is 4.39. The SMILES string of the molecule is COC1(OC)/C=C/C(=O)OCCC1. The van der Waals surface area contributed by atoms with Crippen molar-refractivity contribution in [3.63, 3.8) is 0 Å². The van der Waals surface area contributed by atoms with Crippen LogP contribution in [-0.4, -0.2) is 32.6 Å². The number of carbonyl (C=O) groups is 1. The fourth-order valence-corrected chi connectivity index (χ4v) is 1.24. The summed E-state index contributed by atoms with van der Waals surface area (Å²) >= 11 is 0. The van der Waals surface area contributed by atoms with Crippen LogP contribution in [0.5, 0.6) is 0 Å². The van der Waals surface area contributed by atoms with E-state index in [4.69, 9.17) is 14.2 Å². The highest BCUT2D eigenvalue weighted by molar-refractivity contribution is 5.82. The van der Waals surface area contributed by atoms with E-state index in [1.54, 1.807) is 20.3 Å². The van der Waals surface area contributed by atoms with Gasteiger partial charge in [-0.05, 0) is 12.5 Å². The maximum atomic E-state index is 10.9. The summed E-state index contributed by atoms with van der Waals surface area (Å²) in [6.07, 6.45) is 4.35. The standard InChI is InChI=1S/C9H14O4/c1-11-9(12-2)5-3-7-13-8(10)4-6-9/h4,6H,3,5,7H2,1-2H3/b6-4+. The summed E-state index contributed by atoms with van der Waals surface area (Å²) < 4.78 is 15.2. The molecule has 1 aliphatic heterocycles. The van der Waals surface area contributed by atoms with Crippen molar-refractivity contribution in [2.24, 2.45) is 0 Å². The molecule has 0 fully saturated rings. The average molecular weight is 186 g/mol. The molecule has 0 aromatic heterocycles. The van der Waals surface area contributed by atoms with Crippen LogP contribution < -0.4 is 0 Å². The first-order valence-electron chi connectivity index (χ1n) is 4.19. The van der Waals surface area contributed by atoms with Crippen molar-refractivity contribution in [2.75, 3.05) is 20.8 Å². The summed E-state index contributed by atoms with van der Waals surface area (Å²) in [7, 11) is 3.11. The van der Waals surface area contributed by atoms with E-state index in [9.17, 15) is 4.79 Å². The fraction of sp³-hybridized carbons (Fsp3) is 0.667. The van der Waals surface area contributed by atoms with E-state index in [0.717, 1.165) is 6.42 Å². The average Bonchev–Trinajstić information content (AvgIpc) is 2.14. The lowest BCUT2D eigenvalue weighted by Crippen LogP contribution is -2.33. The number of rotatable bonds is 2. The van der Waals surface area contributed by atoms with Gasteiger partial charge < -0.3 is 14.2 Å². The Morgan fingerprint density at radius 2 is 2.15 bits per heavy atom. The maximum absolute atomic E-state index is 10.9. The molecule has 0 atom stereocenters. The molecule has 1 rings (SSSR count). The molecule has 0 saturated carbocycles. The molecule has 0 aromatic rings. The van der Waals surface area contributed by atoms with Gasteiger partial charge in [-0.2, -0.15) is 0 Å². The minimum atomic E-state index is -0.764. The van der Waals surface area contributed by atoms with E-state index in [2.05, 4.69) is 0 Å². The predicted molar refractivity (Wildman–Crippen MR) is 46.1 cm³/mol. The third-order valence-corrected chi connectivity index (χ3v) is 2.08. The highest BCUT2D eigenvalue weighted by Crippen LogP contribution is 2.21. The third kappa shape index (κ3) is 2.54. The summed E-state index contributed by atoms with van der Waals surface area (Å²) in [6, 6.07) is 0. The van der Waals surface area contributed by atoms with Crippen LogP contribution in [0.15, 0.2) is 12.2 Å². The van der Waals surface area contributed by atoms with Crippen LogP contribution in [0.25, 0.3) is 0 Å². The molecule has 0 aromatic carbocycles. The molecule has 0 radical (unpaired) electrons. The Balaban J connectivity index is 2.76. The molecule has 1 aliphatic rings. The normalized spacial score (nSPS) is 24.3. The molecular formula is C9H14O4. The molecular weight excluding hydrogens is 172 g/mol. The number of methoxy groups -OCH3 is 2. The van der Waals surface area contributed by atoms with Crippen LogP contribution in [0, 0.1) is 0 Å². The van der Waals surface area contributed by atoms with Gasteiger partial charge in [-0.25, -0.2) is 4.79 Å². The summed E-state index contributed by atoms with van der Waals surface area (Å²) in [6.45, 7) is 0.414. The summed E-state index contributed by atoms with van der Waals surface area (Å²) in [5.41, 5.74) is 0. The van der Waals surface area contributed by atoms with E-state index in [0.29, 0.717) is 13.0 Å². The molecule has 74 valence electrons. The molecule has 0 spiro atoms. The van der Waals surface area contributed by atoms with E-state index in [1.165, 1.54) is 6.08 Å². The summed E-state index contributed by atoms with van der Waals surface area (Å²) in [5, 5.41) is 0. The van der Waals surface area contributed by atoms with E-state index in [-0.39, 0.29) is 5.97 Å². The Labute approximate surface area is 77.5 Å². The molecule has 0 saturated heterocycles. The Bertz CT molecular complexity index is 206. The monoisotopic (exact) mass is 186 g/mol. The first kappa shape index (κ1) is 10.2. The van der Waals surface area contributed by atoms with Gasteiger partial charge in [-0.3, -0.25) is 0 Å². The van der Waals surface area contributed by atoms with Crippen LogP contribution >= 0.6 is 0 Å². The van der Waals surface area contributed by atoms with Crippen molar-refractivity contribution in [3.05, 3.63) is 12.2 Å². The van der Waals surface area contributed by atoms with Crippen molar-refractivity contribution in [3.8, 4) is 0 Å². The van der Waals surface area contributed by atoms with Gasteiger partial charge in [0, 0.05) is 26.7 Å². The minimum absolute atomic E-state index is 0.349. The van der Waals surface area contributed by atoms with Crippen LogP contribution in [0.3, 0.4) is 0 Å². The lowest BCUT2D eigenvalue weighted by molar-refractivity contribution is -0.179. The van der Waals surface area contributed by atoms with Gasteiger partial charge in [0.25, 0.3) is 0 Å². The van der Waals surface area contributed by atoms with Crippen LogP contribution in [0.1, 0.15) is 12.8 Å². The number of hydrogen-bond donors (Lipinski definition) is 0. The molecule has 4 heteroatoms. The predicted octanol–water partition coefficient (Wildman–Crippen LogP) is 0.869. The lowest BCUT2D eigenvalue weighted by Gasteiger charge is -2.28.